The fourth-order valence-electron chi connectivity index (χ4n) is 2.69. The molecule has 0 saturated heterocycles. The van der Waals surface area contributed by atoms with Crippen LogP contribution in [0, 0.1) is 5.92 Å². The number of carboxylic acid groups (broad SMARTS) is 1. The summed E-state index contributed by atoms with van der Waals surface area (Å²) in [6, 6.07) is 2.50. The first-order chi connectivity index (χ1) is 8.70. The lowest BCUT2D eigenvalue weighted by Gasteiger charge is -2.21. The molecule has 0 aliphatic heterocycles. The van der Waals surface area contributed by atoms with Gasteiger partial charge in [0.05, 0.1) is 17.7 Å². The van der Waals surface area contributed by atoms with Gasteiger partial charge in [-0.15, -0.1) is 0 Å². The molecule has 1 fully saturated rings. The third kappa shape index (κ3) is 3.12. The highest BCUT2D eigenvalue weighted by molar-refractivity contribution is 5.70. The Morgan fingerprint density at radius 2 is 2.22 bits per heavy atom. The maximum Gasteiger partial charge on any atom is 0.306 e. The summed E-state index contributed by atoms with van der Waals surface area (Å²) in [5, 5.41) is 13.6. The predicted molar refractivity (Wildman–Crippen MR) is 69.5 cm³/mol. The Balaban J connectivity index is 1.98. The number of carbonyl (C=O) groups is 1. The molecule has 1 atom stereocenters. The maximum absolute atomic E-state index is 11.0. The second kappa shape index (κ2) is 6.03. The Kier molecular flexibility index (Phi) is 4.39. The van der Waals surface area contributed by atoms with Gasteiger partial charge >= 0.3 is 5.97 Å². The predicted octanol–water partition coefficient (Wildman–Crippen LogP) is 3.04. The molecule has 0 radical (unpaired) electrons. The molecule has 4 nitrogen and oxygen atoms in total. The van der Waals surface area contributed by atoms with Gasteiger partial charge in [0.1, 0.15) is 0 Å². The molecule has 1 unspecified atom stereocenters. The Labute approximate surface area is 108 Å². The first-order valence-corrected chi connectivity index (χ1v) is 6.97. The van der Waals surface area contributed by atoms with Crippen LogP contribution in [0.15, 0.2) is 12.3 Å². The summed E-state index contributed by atoms with van der Waals surface area (Å²) >= 11 is 0. The van der Waals surface area contributed by atoms with Crippen LogP contribution in [0.4, 0.5) is 0 Å². The van der Waals surface area contributed by atoms with E-state index in [1.807, 2.05) is 23.9 Å². The lowest BCUT2D eigenvalue weighted by molar-refractivity contribution is -0.141. The summed E-state index contributed by atoms with van der Waals surface area (Å²) in [6.07, 6.45) is 9.53. The molecule has 1 heterocycles. The molecule has 0 bridgehead atoms. The van der Waals surface area contributed by atoms with Gasteiger partial charge < -0.3 is 5.11 Å². The molecule has 1 aliphatic carbocycles. The monoisotopic (exact) mass is 250 g/mol. The molecule has 1 aliphatic rings. The van der Waals surface area contributed by atoms with E-state index in [-0.39, 0.29) is 5.92 Å². The SMILES string of the molecule is CCC(Cc1ccn(C2CCCCC2)n1)C(=O)O. The minimum Gasteiger partial charge on any atom is -0.481 e. The van der Waals surface area contributed by atoms with E-state index in [4.69, 9.17) is 5.11 Å². The highest BCUT2D eigenvalue weighted by atomic mass is 16.4. The zero-order chi connectivity index (χ0) is 13.0. The summed E-state index contributed by atoms with van der Waals surface area (Å²) < 4.78 is 2.04. The van der Waals surface area contributed by atoms with Crippen LogP contribution in [0.2, 0.25) is 0 Å². The Hall–Kier alpha value is -1.32. The Morgan fingerprint density at radius 1 is 1.50 bits per heavy atom. The van der Waals surface area contributed by atoms with Crippen LogP contribution >= 0.6 is 0 Å². The van der Waals surface area contributed by atoms with E-state index in [1.165, 1.54) is 32.1 Å². The topological polar surface area (TPSA) is 55.1 Å². The average molecular weight is 250 g/mol. The van der Waals surface area contributed by atoms with Crippen molar-refractivity contribution in [3.8, 4) is 0 Å². The second-order valence-electron chi connectivity index (χ2n) is 5.23. The van der Waals surface area contributed by atoms with Crippen LogP contribution in [0.25, 0.3) is 0 Å². The average Bonchev–Trinajstić information content (AvgIpc) is 2.85. The molecule has 1 aromatic rings. The summed E-state index contributed by atoms with van der Waals surface area (Å²) in [4.78, 5) is 11.0. The number of aromatic nitrogens is 2. The third-order valence-corrected chi connectivity index (χ3v) is 3.91. The number of aliphatic carboxylic acids is 1. The molecule has 0 aromatic carbocycles. The fraction of sp³-hybridized carbons (Fsp3) is 0.714. The largest absolute Gasteiger partial charge is 0.481 e. The number of hydrogen-bond acceptors (Lipinski definition) is 2. The Bertz CT molecular complexity index is 394. The smallest absolute Gasteiger partial charge is 0.306 e. The van der Waals surface area contributed by atoms with E-state index < -0.39 is 5.97 Å². The molecule has 0 spiro atoms. The number of hydrogen-bond donors (Lipinski definition) is 1. The highest BCUT2D eigenvalue weighted by Gasteiger charge is 2.19. The summed E-state index contributed by atoms with van der Waals surface area (Å²) in [5.74, 6) is -1.02. The van der Waals surface area contributed by atoms with Gasteiger partial charge in [-0.2, -0.15) is 5.10 Å². The van der Waals surface area contributed by atoms with Gasteiger partial charge in [0, 0.05) is 12.6 Å². The molecule has 2 rings (SSSR count). The first-order valence-electron chi connectivity index (χ1n) is 6.97. The molecule has 1 saturated carbocycles. The molecule has 4 heteroatoms. The van der Waals surface area contributed by atoms with Crippen LogP contribution < -0.4 is 0 Å². The summed E-state index contributed by atoms with van der Waals surface area (Å²) in [7, 11) is 0. The van der Waals surface area contributed by atoms with E-state index in [0.29, 0.717) is 18.9 Å². The van der Waals surface area contributed by atoms with Crippen LogP contribution in [-0.4, -0.2) is 20.9 Å². The van der Waals surface area contributed by atoms with Gasteiger partial charge in [-0.05, 0) is 25.3 Å². The fourth-order valence-corrected chi connectivity index (χ4v) is 2.69. The third-order valence-electron chi connectivity index (χ3n) is 3.91. The van der Waals surface area contributed by atoms with Gasteiger partial charge in [0.2, 0.25) is 0 Å². The molecule has 1 N–H and O–H groups in total. The van der Waals surface area contributed by atoms with Crippen molar-refractivity contribution in [2.45, 2.75) is 57.9 Å². The molecule has 1 aromatic heterocycles. The van der Waals surface area contributed by atoms with Gasteiger partial charge in [0.25, 0.3) is 0 Å². The van der Waals surface area contributed by atoms with Crippen LogP contribution in [0.5, 0.6) is 0 Å². The molecule has 0 amide bonds. The van der Waals surface area contributed by atoms with Crippen molar-refractivity contribution < 1.29 is 9.90 Å². The normalized spacial score (nSPS) is 18.7. The summed E-state index contributed by atoms with van der Waals surface area (Å²) in [6.45, 7) is 1.91. The van der Waals surface area contributed by atoms with Crippen molar-refractivity contribution in [1.29, 1.82) is 0 Å². The second-order valence-corrected chi connectivity index (χ2v) is 5.23. The molecule has 100 valence electrons. The van der Waals surface area contributed by atoms with Crippen molar-refractivity contribution in [3.63, 3.8) is 0 Å². The van der Waals surface area contributed by atoms with Crippen LogP contribution in [-0.2, 0) is 11.2 Å². The number of nitrogens with zero attached hydrogens (tertiary/aromatic N) is 2. The van der Waals surface area contributed by atoms with Crippen LogP contribution in [0.3, 0.4) is 0 Å². The maximum atomic E-state index is 11.0. The summed E-state index contributed by atoms with van der Waals surface area (Å²) in [5.41, 5.74) is 0.912. The zero-order valence-electron chi connectivity index (χ0n) is 11.0. The van der Waals surface area contributed by atoms with E-state index >= 15 is 0 Å². The van der Waals surface area contributed by atoms with E-state index in [0.717, 1.165) is 5.69 Å². The van der Waals surface area contributed by atoms with Gasteiger partial charge in [0.15, 0.2) is 0 Å². The van der Waals surface area contributed by atoms with Crippen molar-refractivity contribution in [3.05, 3.63) is 18.0 Å². The van der Waals surface area contributed by atoms with E-state index in [1.54, 1.807) is 0 Å². The van der Waals surface area contributed by atoms with Gasteiger partial charge in [-0.1, -0.05) is 26.2 Å². The zero-order valence-corrected chi connectivity index (χ0v) is 11.0. The van der Waals surface area contributed by atoms with Crippen molar-refractivity contribution in [2.24, 2.45) is 5.92 Å². The minimum absolute atomic E-state index is 0.306. The minimum atomic E-state index is -0.718. The standard InChI is InChI=1S/C14H22N2O2/c1-2-11(14(17)18)10-12-8-9-16(15-12)13-6-4-3-5-7-13/h8-9,11,13H,2-7,10H2,1H3,(H,17,18). The molecule has 18 heavy (non-hydrogen) atoms. The van der Waals surface area contributed by atoms with Crippen LogP contribution in [0.1, 0.15) is 57.2 Å². The molecular formula is C14H22N2O2. The van der Waals surface area contributed by atoms with Crippen molar-refractivity contribution in [1.82, 2.24) is 9.78 Å². The Morgan fingerprint density at radius 3 is 2.83 bits per heavy atom. The van der Waals surface area contributed by atoms with Crippen molar-refractivity contribution >= 4 is 5.97 Å². The lowest BCUT2D eigenvalue weighted by atomic mass is 9.96. The van der Waals surface area contributed by atoms with Gasteiger partial charge in [-0.3, -0.25) is 9.48 Å². The van der Waals surface area contributed by atoms with E-state index in [2.05, 4.69) is 5.10 Å². The highest BCUT2D eigenvalue weighted by Crippen LogP contribution is 2.27. The first kappa shape index (κ1) is 13.1. The number of rotatable bonds is 5. The lowest BCUT2D eigenvalue weighted by Crippen LogP contribution is -2.17. The van der Waals surface area contributed by atoms with Crippen molar-refractivity contribution in [2.75, 3.05) is 0 Å². The quantitative estimate of drug-likeness (QED) is 0.873. The molecular weight excluding hydrogens is 228 g/mol. The van der Waals surface area contributed by atoms with E-state index in [9.17, 15) is 4.79 Å². The number of carboxylic acids is 1. The van der Waals surface area contributed by atoms with Gasteiger partial charge in [-0.25, -0.2) is 0 Å².